The molecule has 0 aliphatic heterocycles. The van der Waals surface area contributed by atoms with Crippen LogP contribution in [0.1, 0.15) is 24.0 Å². The Morgan fingerprint density at radius 3 is 0.848 bits per heavy atom. The van der Waals surface area contributed by atoms with Gasteiger partial charge in [-0.3, -0.25) is 0 Å². The Hall–Kier alpha value is -5.16. The van der Waals surface area contributed by atoms with Gasteiger partial charge in [0.1, 0.15) is 0 Å². The van der Waals surface area contributed by atoms with Gasteiger partial charge in [0.2, 0.25) is 0 Å². The van der Waals surface area contributed by atoms with E-state index in [-0.39, 0.29) is 0 Å². The number of rotatable bonds is 15. The molecule has 6 aromatic carbocycles. The highest BCUT2D eigenvalue weighted by Gasteiger charge is 2.12. The Bertz CT molecular complexity index is 1500. The molecule has 6 aromatic rings. The predicted molar refractivity (Wildman–Crippen MR) is 195 cm³/mol. The van der Waals surface area contributed by atoms with Crippen LogP contribution in [-0.2, 0) is 13.1 Å². The standard InChI is InChI=1S/C42H42N4/c1-5-15-37(16-6-1)45(38-17-7-2-8-18-38)41-27-23-35(24-28-41)33-43-31-13-14-32-44-34-36-25-29-42(30-26-36)46(39-19-9-3-10-20-39)40-21-11-4-12-22-40/h1-12,15-30,43-44H,13-14,31-34H2. The Morgan fingerprint density at radius 2 is 0.565 bits per heavy atom. The summed E-state index contributed by atoms with van der Waals surface area (Å²) in [5, 5.41) is 7.24. The quantitative estimate of drug-likeness (QED) is 0.115. The molecular weight excluding hydrogens is 560 g/mol. The minimum atomic E-state index is 0.875. The van der Waals surface area contributed by atoms with E-state index >= 15 is 0 Å². The third-order valence-corrected chi connectivity index (χ3v) is 8.06. The predicted octanol–water partition coefficient (Wildman–Crippen LogP) is 10.3. The molecule has 0 aliphatic rings. The maximum Gasteiger partial charge on any atom is 0.0461 e. The van der Waals surface area contributed by atoms with Crippen LogP contribution in [0.5, 0.6) is 0 Å². The number of hydrogen-bond donors (Lipinski definition) is 2. The number of nitrogens with zero attached hydrogens (tertiary/aromatic N) is 2. The third kappa shape index (κ3) is 8.30. The summed E-state index contributed by atoms with van der Waals surface area (Å²) in [5.41, 5.74) is 9.53. The Morgan fingerprint density at radius 1 is 0.304 bits per heavy atom. The third-order valence-electron chi connectivity index (χ3n) is 8.06. The second kappa shape index (κ2) is 16.2. The van der Waals surface area contributed by atoms with Crippen LogP contribution in [0.4, 0.5) is 34.1 Å². The van der Waals surface area contributed by atoms with Gasteiger partial charge in [-0.15, -0.1) is 0 Å². The average molecular weight is 603 g/mol. The zero-order chi connectivity index (χ0) is 31.2. The van der Waals surface area contributed by atoms with Gasteiger partial charge in [0, 0.05) is 47.2 Å². The SMILES string of the molecule is c1ccc(N(c2ccccc2)c2ccc(CNCCCCNCc3ccc(N(c4ccccc4)c4ccccc4)cc3)cc2)cc1. The van der Waals surface area contributed by atoms with Crippen molar-refractivity contribution in [1.82, 2.24) is 10.6 Å². The molecule has 0 aliphatic carbocycles. The molecule has 230 valence electrons. The maximum atomic E-state index is 3.62. The molecule has 0 unspecified atom stereocenters. The number of nitrogens with one attached hydrogen (secondary N) is 2. The van der Waals surface area contributed by atoms with Crippen molar-refractivity contribution in [1.29, 1.82) is 0 Å². The van der Waals surface area contributed by atoms with Crippen molar-refractivity contribution in [3.8, 4) is 0 Å². The summed E-state index contributed by atoms with van der Waals surface area (Å²) >= 11 is 0. The van der Waals surface area contributed by atoms with Crippen molar-refractivity contribution in [3.05, 3.63) is 181 Å². The van der Waals surface area contributed by atoms with Crippen LogP contribution in [-0.4, -0.2) is 13.1 Å². The fraction of sp³-hybridized carbons (Fsp3) is 0.143. The number of anilines is 6. The summed E-state index contributed by atoms with van der Waals surface area (Å²) in [6.07, 6.45) is 2.28. The van der Waals surface area contributed by atoms with Gasteiger partial charge < -0.3 is 20.4 Å². The summed E-state index contributed by atoms with van der Waals surface area (Å²) in [6, 6.07) is 59.9. The van der Waals surface area contributed by atoms with Gasteiger partial charge in [0.15, 0.2) is 0 Å². The summed E-state index contributed by atoms with van der Waals surface area (Å²) < 4.78 is 0. The van der Waals surface area contributed by atoms with Gasteiger partial charge in [0.05, 0.1) is 0 Å². The van der Waals surface area contributed by atoms with Crippen molar-refractivity contribution >= 4 is 34.1 Å². The van der Waals surface area contributed by atoms with Gasteiger partial charge in [0.25, 0.3) is 0 Å². The van der Waals surface area contributed by atoms with E-state index in [1.165, 1.54) is 11.1 Å². The highest BCUT2D eigenvalue weighted by Crippen LogP contribution is 2.35. The molecule has 2 N–H and O–H groups in total. The summed E-state index contributed by atoms with van der Waals surface area (Å²) in [7, 11) is 0. The van der Waals surface area contributed by atoms with Gasteiger partial charge >= 0.3 is 0 Å². The van der Waals surface area contributed by atoms with Crippen LogP contribution in [0.3, 0.4) is 0 Å². The van der Waals surface area contributed by atoms with Gasteiger partial charge in [-0.05, 0) is 110 Å². The van der Waals surface area contributed by atoms with E-state index in [2.05, 4.69) is 190 Å². The van der Waals surface area contributed by atoms with Gasteiger partial charge in [-0.2, -0.15) is 0 Å². The topological polar surface area (TPSA) is 30.5 Å². The average Bonchev–Trinajstić information content (AvgIpc) is 3.13. The van der Waals surface area contributed by atoms with Crippen molar-refractivity contribution in [3.63, 3.8) is 0 Å². The lowest BCUT2D eigenvalue weighted by Gasteiger charge is -2.25. The van der Waals surface area contributed by atoms with Crippen LogP contribution in [0, 0.1) is 0 Å². The highest BCUT2D eigenvalue weighted by atomic mass is 15.1. The van der Waals surface area contributed by atoms with E-state index in [9.17, 15) is 0 Å². The highest BCUT2D eigenvalue weighted by molar-refractivity contribution is 5.77. The summed E-state index contributed by atoms with van der Waals surface area (Å²) in [5.74, 6) is 0. The minimum Gasteiger partial charge on any atom is -0.313 e. The lowest BCUT2D eigenvalue weighted by Crippen LogP contribution is -2.19. The van der Waals surface area contributed by atoms with E-state index in [1.807, 2.05) is 0 Å². The lowest BCUT2D eigenvalue weighted by atomic mass is 10.1. The molecular formula is C42H42N4. The van der Waals surface area contributed by atoms with E-state index in [4.69, 9.17) is 0 Å². The second-order valence-electron chi connectivity index (χ2n) is 11.4. The zero-order valence-corrected chi connectivity index (χ0v) is 26.3. The number of para-hydroxylation sites is 4. The first-order chi connectivity index (χ1) is 22.8. The lowest BCUT2D eigenvalue weighted by molar-refractivity contribution is 0.582. The first-order valence-electron chi connectivity index (χ1n) is 16.2. The van der Waals surface area contributed by atoms with Crippen LogP contribution >= 0.6 is 0 Å². The molecule has 0 radical (unpaired) electrons. The number of benzene rings is 6. The second-order valence-corrected chi connectivity index (χ2v) is 11.4. The molecule has 0 saturated carbocycles. The maximum absolute atomic E-state index is 3.62. The Balaban J connectivity index is 0.926. The number of hydrogen-bond acceptors (Lipinski definition) is 4. The normalized spacial score (nSPS) is 10.9. The van der Waals surface area contributed by atoms with Crippen molar-refractivity contribution < 1.29 is 0 Å². The smallest absolute Gasteiger partial charge is 0.0461 e. The van der Waals surface area contributed by atoms with E-state index in [0.717, 1.165) is 73.1 Å². The summed E-state index contributed by atoms with van der Waals surface area (Å²) in [6.45, 7) is 3.76. The molecule has 0 heterocycles. The molecule has 0 saturated heterocycles. The first kappa shape index (κ1) is 30.8. The zero-order valence-electron chi connectivity index (χ0n) is 26.3. The molecule has 0 bridgehead atoms. The van der Waals surface area contributed by atoms with Crippen LogP contribution in [0.15, 0.2) is 170 Å². The van der Waals surface area contributed by atoms with Crippen molar-refractivity contribution in [2.75, 3.05) is 22.9 Å². The molecule has 6 rings (SSSR count). The van der Waals surface area contributed by atoms with Crippen LogP contribution in [0.2, 0.25) is 0 Å². The molecule has 4 heteroatoms. The van der Waals surface area contributed by atoms with Crippen LogP contribution < -0.4 is 20.4 Å². The Kier molecular flexibility index (Phi) is 10.9. The fourth-order valence-electron chi connectivity index (χ4n) is 5.69. The molecule has 4 nitrogen and oxygen atoms in total. The van der Waals surface area contributed by atoms with E-state index < -0.39 is 0 Å². The number of unbranched alkanes of at least 4 members (excludes halogenated alkanes) is 1. The molecule has 0 amide bonds. The fourth-order valence-corrected chi connectivity index (χ4v) is 5.69. The van der Waals surface area contributed by atoms with Crippen molar-refractivity contribution in [2.24, 2.45) is 0 Å². The largest absolute Gasteiger partial charge is 0.313 e. The summed E-state index contributed by atoms with van der Waals surface area (Å²) in [4.78, 5) is 4.59. The molecule has 46 heavy (non-hydrogen) atoms. The molecule has 0 aromatic heterocycles. The molecule has 0 fully saturated rings. The van der Waals surface area contributed by atoms with Gasteiger partial charge in [-0.25, -0.2) is 0 Å². The van der Waals surface area contributed by atoms with Gasteiger partial charge in [-0.1, -0.05) is 97.1 Å². The monoisotopic (exact) mass is 602 g/mol. The Labute approximate surface area is 274 Å². The molecule has 0 spiro atoms. The van der Waals surface area contributed by atoms with Crippen molar-refractivity contribution in [2.45, 2.75) is 25.9 Å². The molecule has 0 atom stereocenters. The first-order valence-corrected chi connectivity index (χ1v) is 16.2. The van der Waals surface area contributed by atoms with E-state index in [1.54, 1.807) is 0 Å². The minimum absolute atomic E-state index is 0.875. The van der Waals surface area contributed by atoms with E-state index in [0.29, 0.717) is 0 Å². The van der Waals surface area contributed by atoms with Crippen LogP contribution in [0.25, 0.3) is 0 Å².